The van der Waals surface area contributed by atoms with Gasteiger partial charge in [0.2, 0.25) is 11.8 Å². The lowest BCUT2D eigenvalue weighted by atomic mass is 9.89. The molecule has 4 heterocycles. The second-order valence-corrected chi connectivity index (χ2v) is 7.57. The number of aromatic nitrogens is 4. The molecule has 2 bridgehead atoms. The number of halogens is 1. The average Bonchev–Trinajstić information content (AvgIpc) is 2.93. The Hall–Kier alpha value is -2.39. The first kappa shape index (κ1) is 18.0. The molecule has 0 amide bonds. The molecule has 0 saturated carbocycles. The third-order valence-corrected chi connectivity index (χ3v) is 4.94. The van der Waals surface area contributed by atoms with Crippen LogP contribution in [0, 0.1) is 5.41 Å². The van der Waals surface area contributed by atoms with Crippen LogP contribution < -0.4 is 11.1 Å². The fourth-order valence-electron chi connectivity index (χ4n) is 2.98. The van der Waals surface area contributed by atoms with Crippen molar-refractivity contribution in [2.45, 2.75) is 26.8 Å². The second kappa shape index (κ2) is 6.97. The summed E-state index contributed by atoms with van der Waals surface area (Å²) < 4.78 is 12.8. The van der Waals surface area contributed by atoms with E-state index >= 15 is 0 Å². The van der Waals surface area contributed by atoms with E-state index in [-0.39, 0.29) is 11.3 Å². The molecule has 0 unspecified atom stereocenters. The predicted molar refractivity (Wildman–Crippen MR) is 103 cm³/mol. The van der Waals surface area contributed by atoms with Crippen LogP contribution in [0.25, 0.3) is 11.0 Å². The number of hydrogen-bond acceptors (Lipinski definition) is 8. The van der Waals surface area contributed by atoms with Crippen molar-refractivity contribution in [1.82, 2.24) is 19.7 Å². The Morgan fingerprint density at radius 1 is 1.48 bits per heavy atom. The van der Waals surface area contributed by atoms with Crippen molar-refractivity contribution in [3.05, 3.63) is 22.9 Å². The fraction of sp³-hybridized carbons (Fsp3) is 0.529. The molecule has 10 heteroatoms. The zero-order valence-electron chi connectivity index (χ0n) is 15.3. The van der Waals surface area contributed by atoms with E-state index in [9.17, 15) is 0 Å². The second-order valence-electron chi connectivity index (χ2n) is 7.22. The summed E-state index contributed by atoms with van der Waals surface area (Å²) in [6.07, 6.45) is 2.37. The van der Waals surface area contributed by atoms with Gasteiger partial charge in [-0.05, 0) is 6.92 Å². The first-order chi connectivity index (χ1) is 13.0. The molecule has 144 valence electrons. The SMILES string of the molecule is CC(=NCC1(C)COC1)C1=C(N)OCCCn2nc(Cl)c3cnc(nc32)N1. The molecule has 2 aliphatic rings. The van der Waals surface area contributed by atoms with Gasteiger partial charge >= 0.3 is 0 Å². The number of nitrogens with zero attached hydrogens (tertiary/aromatic N) is 5. The number of ether oxygens (including phenoxy) is 2. The highest BCUT2D eigenvalue weighted by molar-refractivity contribution is 6.34. The van der Waals surface area contributed by atoms with Gasteiger partial charge in [0.15, 0.2) is 10.8 Å². The monoisotopic (exact) mass is 391 g/mol. The van der Waals surface area contributed by atoms with Crippen LogP contribution in [-0.4, -0.2) is 51.8 Å². The summed E-state index contributed by atoms with van der Waals surface area (Å²) in [5, 5.41) is 8.57. The summed E-state index contributed by atoms with van der Waals surface area (Å²) in [4.78, 5) is 13.6. The van der Waals surface area contributed by atoms with Gasteiger partial charge in [-0.15, -0.1) is 0 Å². The van der Waals surface area contributed by atoms with Crippen LogP contribution in [0.4, 0.5) is 5.95 Å². The third-order valence-electron chi connectivity index (χ3n) is 4.66. The van der Waals surface area contributed by atoms with Crippen molar-refractivity contribution in [3.8, 4) is 0 Å². The average molecular weight is 392 g/mol. The standard InChI is InChI=1S/C17H22ClN7O2/c1-10(21-7-17(2)8-26-9-17)12-14(19)27-5-3-4-25-15-11(13(18)24-25)6-20-16(22-12)23-15/h6H,3-5,7-9,19H2,1-2H3,(H,20,22,23). The summed E-state index contributed by atoms with van der Waals surface area (Å²) in [5.41, 5.74) is 8.23. The van der Waals surface area contributed by atoms with E-state index in [0.717, 1.165) is 5.71 Å². The molecular formula is C17H22ClN7O2. The number of rotatable bonds is 3. The molecule has 0 aliphatic carbocycles. The van der Waals surface area contributed by atoms with Crippen molar-refractivity contribution in [2.24, 2.45) is 16.1 Å². The molecule has 3 N–H and O–H groups in total. The largest absolute Gasteiger partial charge is 0.478 e. The summed E-state index contributed by atoms with van der Waals surface area (Å²) in [6, 6.07) is 0. The predicted octanol–water partition coefficient (Wildman–Crippen LogP) is 1.94. The maximum Gasteiger partial charge on any atom is 0.229 e. The molecule has 0 atom stereocenters. The van der Waals surface area contributed by atoms with E-state index in [1.165, 1.54) is 0 Å². The molecule has 1 saturated heterocycles. The van der Waals surface area contributed by atoms with Gasteiger partial charge in [0.1, 0.15) is 5.70 Å². The zero-order valence-corrected chi connectivity index (χ0v) is 16.1. The lowest BCUT2D eigenvalue weighted by Crippen LogP contribution is -2.42. The Morgan fingerprint density at radius 2 is 2.30 bits per heavy atom. The van der Waals surface area contributed by atoms with E-state index in [2.05, 4.69) is 32.3 Å². The lowest BCUT2D eigenvalue weighted by Gasteiger charge is -2.36. The highest BCUT2D eigenvalue weighted by Crippen LogP contribution is 2.27. The van der Waals surface area contributed by atoms with Crippen molar-refractivity contribution in [2.75, 3.05) is 31.7 Å². The van der Waals surface area contributed by atoms with Crippen LogP contribution >= 0.6 is 11.6 Å². The van der Waals surface area contributed by atoms with E-state index in [4.69, 9.17) is 26.8 Å². The van der Waals surface area contributed by atoms with Crippen molar-refractivity contribution >= 4 is 34.3 Å². The minimum atomic E-state index is 0.0730. The molecule has 2 aromatic rings. The Bertz CT molecular complexity index is 933. The number of nitrogens with one attached hydrogen (secondary N) is 1. The highest BCUT2D eigenvalue weighted by Gasteiger charge is 2.33. The van der Waals surface area contributed by atoms with E-state index in [1.54, 1.807) is 10.9 Å². The van der Waals surface area contributed by atoms with Gasteiger partial charge in [-0.1, -0.05) is 18.5 Å². The minimum Gasteiger partial charge on any atom is -0.478 e. The maximum atomic E-state index is 6.18. The Morgan fingerprint density at radius 3 is 3.04 bits per heavy atom. The normalized spacial score (nSPS) is 20.0. The van der Waals surface area contributed by atoms with Crippen molar-refractivity contribution in [1.29, 1.82) is 0 Å². The van der Waals surface area contributed by atoms with Gasteiger partial charge in [-0.3, -0.25) is 4.99 Å². The van der Waals surface area contributed by atoms with Crippen molar-refractivity contribution in [3.63, 3.8) is 0 Å². The van der Waals surface area contributed by atoms with Gasteiger partial charge < -0.3 is 20.5 Å². The zero-order chi connectivity index (χ0) is 19.0. The van der Waals surface area contributed by atoms with Crippen LogP contribution in [0.1, 0.15) is 20.3 Å². The molecule has 0 spiro atoms. The Kier molecular flexibility index (Phi) is 4.65. The molecule has 2 aromatic heterocycles. The van der Waals surface area contributed by atoms with E-state index < -0.39 is 0 Å². The van der Waals surface area contributed by atoms with Crippen LogP contribution in [0.2, 0.25) is 5.15 Å². The Balaban J connectivity index is 1.68. The smallest absolute Gasteiger partial charge is 0.229 e. The maximum absolute atomic E-state index is 6.18. The molecular weight excluding hydrogens is 370 g/mol. The van der Waals surface area contributed by atoms with Crippen LogP contribution in [0.15, 0.2) is 22.8 Å². The molecule has 1 fully saturated rings. The summed E-state index contributed by atoms with van der Waals surface area (Å²) >= 11 is 6.18. The topological polar surface area (TPSA) is 112 Å². The van der Waals surface area contributed by atoms with Gasteiger partial charge in [0.25, 0.3) is 0 Å². The summed E-state index contributed by atoms with van der Waals surface area (Å²) in [7, 11) is 0. The van der Waals surface area contributed by atoms with Gasteiger partial charge in [-0.25, -0.2) is 9.67 Å². The molecule has 0 radical (unpaired) electrons. The summed E-state index contributed by atoms with van der Waals surface area (Å²) in [5.74, 6) is 0.657. The third kappa shape index (κ3) is 3.57. The number of fused-ring (bicyclic) bond motifs is 1. The van der Waals surface area contributed by atoms with Gasteiger partial charge in [0.05, 0.1) is 30.9 Å². The first-order valence-corrected chi connectivity index (χ1v) is 9.21. The molecule has 2 aliphatic heterocycles. The number of hydrogen-bond donors (Lipinski definition) is 2. The molecule has 0 aromatic carbocycles. The van der Waals surface area contributed by atoms with Gasteiger partial charge in [0, 0.05) is 31.1 Å². The molecule has 4 rings (SSSR count). The number of aryl methyl sites for hydroxylation is 1. The van der Waals surface area contributed by atoms with E-state index in [0.29, 0.717) is 67.2 Å². The molecule has 27 heavy (non-hydrogen) atoms. The highest BCUT2D eigenvalue weighted by atomic mass is 35.5. The lowest BCUT2D eigenvalue weighted by molar-refractivity contribution is -0.0944. The fourth-order valence-corrected chi connectivity index (χ4v) is 3.20. The number of allylic oxidation sites excluding steroid dienone is 1. The van der Waals surface area contributed by atoms with Gasteiger partial charge in [-0.2, -0.15) is 10.1 Å². The first-order valence-electron chi connectivity index (χ1n) is 8.83. The van der Waals surface area contributed by atoms with E-state index in [1.807, 2.05) is 6.92 Å². The van der Waals surface area contributed by atoms with Crippen LogP contribution in [0.5, 0.6) is 0 Å². The number of aliphatic imine (C=N–C) groups is 1. The summed E-state index contributed by atoms with van der Waals surface area (Å²) in [6.45, 7) is 7.18. The quantitative estimate of drug-likeness (QED) is 0.768. The van der Waals surface area contributed by atoms with Crippen LogP contribution in [0.3, 0.4) is 0 Å². The molecule has 9 nitrogen and oxygen atoms in total. The minimum absolute atomic E-state index is 0.0730. The Labute approximate surface area is 161 Å². The van der Waals surface area contributed by atoms with Crippen molar-refractivity contribution < 1.29 is 9.47 Å². The number of nitrogens with two attached hydrogens (primary N) is 1. The van der Waals surface area contributed by atoms with Crippen LogP contribution in [-0.2, 0) is 16.0 Å². The number of anilines is 1.